The van der Waals surface area contributed by atoms with Crippen molar-refractivity contribution < 1.29 is 5.11 Å². The lowest BCUT2D eigenvalue weighted by atomic mass is 9.88. The van der Waals surface area contributed by atoms with Gasteiger partial charge in [-0.25, -0.2) is 0 Å². The topological polar surface area (TPSA) is 32.3 Å². The summed E-state index contributed by atoms with van der Waals surface area (Å²) in [7, 11) is 0. The molecule has 0 heterocycles. The average Bonchev–Trinajstić information content (AvgIpc) is 2.36. The lowest BCUT2D eigenvalue weighted by molar-refractivity contribution is 0.136. The van der Waals surface area contributed by atoms with E-state index in [0.29, 0.717) is 0 Å². The molecule has 1 unspecified atom stereocenters. The summed E-state index contributed by atoms with van der Waals surface area (Å²) in [5.41, 5.74) is 1.68. The lowest BCUT2D eigenvalue weighted by Crippen LogP contribution is -2.34. The van der Waals surface area contributed by atoms with Crippen LogP contribution < -0.4 is 5.32 Å². The molecule has 0 amide bonds. The van der Waals surface area contributed by atoms with Crippen molar-refractivity contribution in [2.24, 2.45) is 5.41 Å². The van der Waals surface area contributed by atoms with Gasteiger partial charge >= 0.3 is 0 Å². The molecule has 0 spiro atoms. The van der Waals surface area contributed by atoms with Crippen molar-refractivity contribution in [3.8, 4) is 0 Å². The molecule has 2 heteroatoms. The van der Waals surface area contributed by atoms with Crippen LogP contribution in [0.1, 0.15) is 52.4 Å². The summed E-state index contributed by atoms with van der Waals surface area (Å²) < 4.78 is 0. The van der Waals surface area contributed by atoms with Crippen LogP contribution in [0.3, 0.4) is 0 Å². The summed E-state index contributed by atoms with van der Waals surface area (Å²) in [4.78, 5) is 0. The molecule has 94 valence electrons. The zero-order valence-corrected chi connectivity index (χ0v) is 10.9. The van der Waals surface area contributed by atoms with Gasteiger partial charge in [-0.3, -0.25) is 0 Å². The van der Waals surface area contributed by atoms with Crippen LogP contribution >= 0.6 is 0 Å². The molecule has 16 heavy (non-hydrogen) atoms. The Morgan fingerprint density at radius 2 is 2.25 bits per heavy atom. The Morgan fingerprint density at radius 1 is 1.44 bits per heavy atom. The minimum atomic E-state index is 0.0565. The van der Waals surface area contributed by atoms with Crippen molar-refractivity contribution in [1.29, 1.82) is 0 Å². The molecule has 2 nitrogen and oxygen atoms in total. The van der Waals surface area contributed by atoms with E-state index in [2.05, 4.69) is 25.2 Å². The number of hydrogen-bond acceptors (Lipinski definition) is 2. The van der Waals surface area contributed by atoms with Gasteiger partial charge in [0.25, 0.3) is 0 Å². The first-order chi connectivity index (χ1) is 7.70. The molecule has 0 aromatic rings. The van der Waals surface area contributed by atoms with Gasteiger partial charge in [-0.15, -0.1) is 0 Å². The van der Waals surface area contributed by atoms with E-state index in [1.54, 1.807) is 5.57 Å². The maximum atomic E-state index is 9.28. The summed E-state index contributed by atoms with van der Waals surface area (Å²) in [5, 5.41) is 12.8. The van der Waals surface area contributed by atoms with E-state index < -0.39 is 0 Å². The number of hydrogen-bond donors (Lipinski definition) is 2. The molecule has 0 aliphatic heterocycles. The Kier molecular flexibility index (Phi) is 6.07. The molecule has 1 rings (SSSR count). The molecule has 0 saturated heterocycles. The molecular formula is C14H27NO. The van der Waals surface area contributed by atoms with Gasteiger partial charge < -0.3 is 10.4 Å². The van der Waals surface area contributed by atoms with Crippen LogP contribution in [0.2, 0.25) is 0 Å². The number of aliphatic hydroxyl groups is 1. The minimum absolute atomic E-state index is 0.0565. The standard InChI is InChI=1S/C14H27NO/c1-3-14(2,12-16)11-15-10-9-13-7-5-4-6-8-13/h7,15-16H,3-6,8-12H2,1-2H3. The van der Waals surface area contributed by atoms with Gasteiger partial charge in [-0.2, -0.15) is 0 Å². The zero-order chi connectivity index (χ0) is 11.9. The van der Waals surface area contributed by atoms with Gasteiger partial charge in [-0.05, 0) is 45.1 Å². The predicted molar refractivity (Wildman–Crippen MR) is 69.5 cm³/mol. The van der Waals surface area contributed by atoms with Gasteiger partial charge in [-0.1, -0.05) is 25.5 Å². The van der Waals surface area contributed by atoms with E-state index in [1.807, 2.05) is 0 Å². The van der Waals surface area contributed by atoms with Crippen LogP contribution in [0.5, 0.6) is 0 Å². The molecule has 0 saturated carbocycles. The van der Waals surface area contributed by atoms with Gasteiger partial charge in [0.2, 0.25) is 0 Å². The summed E-state index contributed by atoms with van der Waals surface area (Å²) in [5.74, 6) is 0. The molecule has 0 aromatic carbocycles. The van der Waals surface area contributed by atoms with E-state index in [-0.39, 0.29) is 12.0 Å². The molecule has 0 aromatic heterocycles. The first-order valence-corrected chi connectivity index (χ1v) is 6.70. The number of aliphatic hydroxyl groups excluding tert-OH is 1. The molecule has 0 bridgehead atoms. The van der Waals surface area contributed by atoms with Crippen molar-refractivity contribution in [2.75, 3.05) is 19.7 Å². The molecule has 1 aliphatic rings. The van der Waals surface area contributed by atoms with Crippen molar-refractivity contribution in [3.63, 3.8) is 0 Å². The molecule has 1 aliphatic carbocycles. The average molecular weight is 225 g/mol. The van der Waals surface area contributed by atoms with E-state index in [9.17, 15) is 5.11 Å². The highest BCUT2D eigenvalue weighted by Crippen LogP contribution is 2.20. The smallest absolute Gasteiger partial charge is 0.0496 e. The second-order valence-corrected chi connectivity index (χ2v) is 5.36. The first-order valence-electron chi connectivity index (χ1n) is 6.70. The monoisotopic (exact) mass is 225 g/mol. The van der Waals surface area contributed by atoms with Crippen molar-refractivity contribution in [1.82, 2.24) is 5.32 Å². The van der Waals surface area contributed by atoms with Crippen LogP contribution in [-0.2, 0) is 0 Å². The molecular weight excluding hydrogens is 198 g/mol. The van der Waals surface area contributed by atoms with Crippen LogP contribution in [0.4, 0.5) is 0 Å². The van der Waals surface area contributed by atoms with Crippen LogP contribution in [0.25, 0.3) is 0 Å². The van der Waals surface area contributed by atoms with E-state index >= 15 is 0 Å². The predicted octanol–water partition coefficient (Wildman–Crippen LogP) is 2.88. The normalized spacial score (nSPS) is 20.3. The summed E-state index contributed by atoms with van der Waals surface area (Å²) in [6.07, 6.45) is 9.94. The van der Waals surface area contributed by atoms with Crippen molar-refractivity contribution in [2.45, 2.75) is 52.4 Å². The highest BCUT2D eigenvalue weighted by molar-refractivity contribution is 5.05. The van der Waals surface area contributed by atoms with Gasteiger partial charge in [0, 0.05) is 18.6 Å². The van der Waals surface area contributed by atoms with E-state index in [0.717, 1.165) is 19.5 Å². The zero-order valence-electron chi connectivity index (χ0n) is 10.9. The maximum Gasteiger partial charge on any atom is 0.0496 e. The molecule has 1 atom stereocenters. The third kappa shape index (κ3) is 4.67. The summed E-state index contributed by atoms with van der Waals surface area (Å²) >= 11 is 0. The van der Waals surface area contributed by atoms with E-state index in [4.69, 9.17) is 0 Å². The summed E-state index contributed by atoms with van der Waals surface area (Å²) in [6, 6.07) is 0. The van der Waals surface area contributed by atoms with Gasteiger partial charge in [0.15, 0.2) is 0 Å². The Bertz CT molecular complexity index is 219. The highest BCUT2D eigenvalue weighted by Gasteiger charge is 2.19. The fourth-order valence-corrected chi connectivity index (χ4v) is 2.06. The highest BCUT2D eigenvalue weighted by atomic mass is 16.3. The Labute approximate surface area is 100 Å². The van der Waals surface area contributed by atoms with Gasteiger partial charge in [0.1, 0.15) is 0 Å². The minimum Gasteiger partial charge on any atom is -0.396 e. The first kappa shape index (κ1) is 13.7. The third-order valence-corrected chi connectivity index (χ3v) is 3.79. The fourth-order valence-electron chi connectivity index (χ4n) is 2.06. The Hall–Kier alpha value is -0.340. The number of allylic oxidation sites excluding steroid dienone is 1. The fraction of sp³-hybridized carbons (Fsp3) is 0.857. The van der Waals surface area contributed by atoms with Crippen LogP contribution in [-0.4, -0.2) is 24.8 Å². The van der Waals surface area contributed by atoms with Gasteiger partial charge in [0.05, 0.1) is 0 Å². The summed E-state index contributed by atoms with van der Waals surface area (Å²) in [6.45, 7) is 6.54. The van der Waals surface area contributed by atoms with Crippen LogP contribution in [0.15, 0.2) is 11.6 Å². The second-order valence-electron chi connectivity index (χ2n) is 5.36. The Balaban J connectivity index is 2.13. The van der Waals surface area contributed by atoms with Crippen molar-refractivity contribution in [3.05, 3.63) is 11.6 Å². The number of nitrogens with one attached hydrogen (secondary N) is 1. The van der Waals surface area contributed by atoms with E-state index in [1.165, 1.54) is 32.1 Å². The number of rotatable bonds is 7. The maximum absolute atomic E-state index is 9.28. The van der Waals surface area contributed by atoms with Crippen molar-refractivity contribution >= 4 is 0 Å². The Morgan fingerprint density at radius 3 is 2.81 bits per heavy atom. The quantitative estimate of drug-likeness (QED) is 0.516. The second kappa shape index (κ2) is 7.08. The third-order valence-electron chi connectivity index (χ3n) is 3.79. The van der Waals surface area contributed by atoms with Crippen LogP contribution in [0, 0.1) is 5.41 Å². The molecule has 0 fully saturated rings. The lowest BCUT2D eigenvalue weighted by Gasteiger charge is -2.26. The SMILES string of the molecule is CCC(C)(CO)CNCCC1=CCCCC1. The molecule has 0 radical (unpaired) electrons. The molecule has 2 N–H and O–H groups in total. The largest absolute Gasteiger partial charge is 0.396 e.